The smallest absolute Gasteiger partial charge is 0.119 e. The van der Waals surface area contributed by atoms with Crippen LogP contribution in [-0.2, 0) is 0 Å². The van der Waals surface area contributed by atoms with Crippen molar-refractivity contribution in [3.63, 3.8) is 0 Å². The van der Waals surface area contributed by atoms with Crippen molar-refractivity contribution < 1.29 is 9.84 Å². The zero-order valence-electron chi connectivity index (χ0n) is 10.8. The molecule has 2 aromatic rings. The second-order valence-corrected chi connectivity index (χ2v) is 4.32. The second kappa shape index (κ2) is 5.69. The molecule has 0 radical (unpaired) electrons. The third-order valence-corrected chi connectivity index (χ3v) is 2.88. The maximum atomic E-state index is 10.3. The van der Waals surface area contributed by atoms with Gasteiger partial charge in [0.05, 0.1) is 6.61 Å². The predicted octanol–water partition coefficient (Wildman–Crippen LogP) is 3.48. The first kappa shape index (κ1) is 12.7. The molecule has 1 unspecified atom stereocenters. The maximum absolute atomic E-state index is 10.3. The lowest BCUT2D eigenvalue weighted by atomic mass is 10.0. The van der Waals surface area contributed by atoms with Gasteiger partial charge >= 0.3 is 0 Å². The molecule has 1 N–H and O–H groups in total. The number of hydrogen-bond donors (Lipinski definition) is 1. The SMILES string of the molecule is CCOc1cccc(C(O)c2ccc(C)cc2)c1. The van der Waals surface area contributed by atoms with Crippen molar-refractivity contribution >= 4 is 0 Å². The zero-order chi connectivity index (χ0) is 13.0. The second-order valence-electron chi connectivity index (χ2n) is 4.32. The lowest BCUT2D eigenvalue weighted by molar-refractivity contribution is 0.219. The van der Waals surface area contributed by atoms with E-state index in [4.69, 9.17) is 4.74 Å². The van der Waals surface area contributed by atoms with E-state index in [0.717, 1.165) is 16.9 Å². The molecule has 0 fully saturated rings. The number of benzene rings is 2. The molecule has 18 heavy (non-hydrogen) atoms. The van der Waals surface area contributed by atoms with Gasteiger partial charge in [-0.25, -0.2) is 0 Å². The molecule has 0 amide bonds. The van der Waals surface area contributed by atoms with Crippen LogP contribution >= 0.6 is 0 Å². The summed E-state index contributed by atoms with van der Waals surface area (Å²) in [7, 11) is 0. The summed E-state index contributed by atoms with van der Waals surface area (Å²) in [5.41, 5.74) is 2.94. The summed E-state index contributed by atoms with van der Waals surface area (Å²) in [6.45, 7) is 4.61. The first-order chi connectivity index (χ1) is 8.70. The fraction of sp³-hybridized carbons (Fsp3) is 0.250. The topological polar surface area (TPSA) is 29.5 Å². The monoisotopic (exact) mass is 242 g/mol. The van der Waals surface area contributed by atoms with Gasteiger partial charge in [0.25, 0.3) is 0 Å². The molecule has 0 saturated carbocycles. The van der Waals surface area contributed by atoms with Gasteiger partial charge in [-0.2, -0.15) is 0 Å². The van der Waals surface area contributed by atoms with Crippen LogP contribution in [0.5, 0.6) is 5.75 Å². The number of rotatable bonds is 4. The molecule has 0 heterocycles. The summed E-state index contributed by atoms with van der Waals surface area (Å²) >= 11 is 0. The molecule has 2 rings (SSSR count). The fourth-order valence-electron chi connectivity index (χ4n) is 1.88. The van der Waals surface area contributed by atoms with Gasteiger partial charge in [0.15, 0.2) is 0 Å². The van der Waals surface area contributed by atoms with Gasteiger partial charge in [-0.1, -0.05) is 42.0 Å². The summed E-state index contributed by atoms with van der Waals surface area (Å²) in [4.78, 5) is 0. The highest BCUT2D eigenvalue weighted by molar-refractivity contribution is 5.36. The molecule has 94 valence electrons. The van der Waals surface area contributed by atoms with Crippen molar-refractivity contribution in [2.75, 3.05) is 6.61 Å². The summed E-state index contributed by atoms with van der Waals surface area (Å²) in [6, 6.07) is 15.5. The Morgan fingerprint density at radius 1 is 1.06 bits per heavy atom. The van der Waals surface area contributed by atoms with E-state index in [-0.39, 0.29) is 0 Å². The molecule has 0 saturated heterocycles. The fourth-order valence-corrected chi connectivity index (χ4v) is 1.88. The molecule has 0 bridgehead atoms. The number of aryl methyl sites for hydroxylation is 1. The van der Waals surface area contributed by atoms with E-state index in [2.05, 4.69) is 0 Å². The Morgan fingerprint density at radius 3 is 2.44 bits per heavy atom. The Hall–Kier alpha value is -1.80. The van der Waals surface area contributed by atoms with Crippen LogP contribution in [0.25, 0.3) is 0 Å². The minimum Gasteiger partial charge on any atom is -0.494 e. The van der Waals surface area contributed by atoms with Crippen LogP contribution in [0.3, 0.4) is 0 Å². The maximum Gasteiger partial charge on any atom is 0.119 e. The van der Waals surface area contributed by atoms with Gasteiger partial charge < -0.3 is 9.84 Å². The summed E-state index contributed by atoms with van der Waals surface area (Å²) in [5.74, 6) is 0.793. The van der Waals surface area contributed by atoms with Crippen LogP contribution in [0.2, 0.25) is 0 Å². The van der Waals surface area contributed by atoms with Crippen LogP contribution in [0, 0.1) is 6.92 Å². The van der Waals surface area contributed by atoms with E-state index in [1.54, 1.807) is 0 Å². The van der Waals surface area contributed by atoms with Crippen molar-refractivity contribution in [3.05, 3.63) is 65.2 Å². The molecule has 0 spiro atoms. The van der Waals surface area contributed by atoms with Crippen LogP contribution < -0.4 is 4.74 Å². The average Bonchev–Trinajstić information content (AvgIpc) is 2.39. The van der Waals surface area contributed by atoms with E-state index in [1.165, 1.54) is 5.56 Å². The predicted molar refractivity (Wildman–Crippen MR) is 72.9 cm³/mol. The first-order valence-electron chi connectivity index (χ1n) is 6.18. The minimum atomic E-state index is -0.606. The number of aliphatic hydroxyl groups excluding tert-OH is 1. The van der Waals surface area contributed by atoms with Crippen molar-refractivity contribution in [3.8, 4) is 5.75 Å². The lowest BCUT2D eigenvalue weighted by Gasteiger charge is -2.13. The first-order valence-corrected chi connectivity index (χ1v) is 6.18. The van der Waals surface area contributed by atoms with Crippen molar-refractivity contribution in [1.82, 2.24) is 0 Å². The number of hydrogen-bond acceptors (Lipinski definition) is 2. The van der Waals surface area contributed by atoms with Crippen molar-refractivity contribution in [1.29, 1.82) is 0 Å². The van der Waals surface area contributed by atoms with Crippen molar-refractivity contribution in [2.24, 2.45) is 0 Å². The average molecular weight is 242 g/mol. The highest BCUT2D eigenvalue weighted by Crippen LogP contribution is 2.25. The molecule has 0 aliphatic carbocycles. The largest absolute Gasteiger partial charge is 0.494 e. The highest BCUT2D eigenvalue weighted by Gasteiger charge is 2.10. The van der Waals surface area contributed by atoms with Gasteiger partial charge in [0, 0.05) is 0 Å². The van der Waals surface area contributed by atoms with Crippen LogP contribution in [0.4, 0.5) is 0 Å². The van der Waals surface area contributed by atoms with E-state index < -0.39 is 6.10 Å². The Balaban J connectivity index is 2.24. The van der Waals surface area contributed by atoms with Crippen LogP contribution in [0.1, 0.15) is 29.7 Å². The van der Waals surface area contributed by atoms with Gasteiger partial charge in [-0.3, -0.25) is 0 Å². The van der Waals surface area contributed by atoms with Crippen molar-refractivity contribution in [2.45, 2.75) is 20.0 Å². The summed E-state index contributed by atoms with van der Waals surface area (Å²) < 4.78 is 5.44. The standard InChI is InChI=1S/C16H18O2/c1-3-18-15-6-4-5-14(11-15)16(17)13-9-7-12(2)8-10-13/h4-11,16-17H,3H2,1-2H3. The Bertz CT molecular complexity index is 503. The van der Waals surface area contributed by atoms with Crippen LogP contribution in [-0.4, -0.2) is 11.7 Å². The molecule has 0 aliphatic heterocycles. The molecule has 2 aromatic carbocycles. The van der Waals surface area contributed by atoms with Gasteiger partial charge in [-0.05, 0) is 37.1 Å². The van der Waals surface area contributed by atoms with Crippen LogP contribution in [0.15, 0.2) is 48.5 Å². The third-order valence-electron chi connectivity index (χ3n) is 2.88. The normalized spacial score (nSPS) is 12.2. The summed E-state index contributed by atoms with van der Waals surface area (Å²) in [6.07, 6.45) is -0.606. The highest BCUT2D eigenvalue weighted by atomic mass is 16.5. The number of aliphatic hydroxyl groups is 1. The molecule has 0 aromatic heterocycles. The van der Waals surface area contributed by atoms with E-state index in [9.17, 15) is 5.11 Å². The quantitative estimate of drug-likeness (QED) is 0.889. The van der Waals surface area contributed by atoms with E-state index in [1.807, 2.05) is 62.4 Å². The van der Waals surface area contributed by atoms with E-state index in [0.29, 0.717) is 6.61 Å². The Kier molecular flexibility index (Phi) is 4.00. The molecule has 0 aliphatic rings. The number of ether oxygens (including phenoxy) is 1. The lowest BCUT2D eigenvalue weighted by Crippen LogP contribution is -2.00. The Labute approximate surface area is 108 Å². The third kappa shape index (κ3) is 2.90. The molecule has 1 atom stereocenters. The minimum absolute atomic E-state index is 0.606. The van der Waals surface area contributed by atoms with Gasteiger partial charge in [-0.15, -0.1) is 0 Å². The molecular formula is C16H18O2. The molecule has 2 nitrogen and oxygen atoms in total. The van der Waals surface area contributed by atoms with E-state index >= 15 is 0 Å². The van der Waals surface area contributed by atoms with Gasteiger partial charge in [0.2, 0.25) is 0 Å². The zero-order valence-corrected chi connectivity index (χ0v) is 10.8. The molecule has 2 heteroatoms. The molecular weight excluding hydrogens is 224 g/mol. The van der Waals surface area contributed by atoms with Gasteiger partial charge in [0.1, 0.15) is 11.9 Å². The Morgan fingerprint density at radius 2 is 1.78 bits per heavy atom. The summed E-state index contributed by atoms with van der Waals surface area (Å²) in [5, 5.41) is 10.3.